The Kier molecular flexibility index (Phi) is 3.44. The lowest BCUT2D eigenvalue weighted by molar-refractivity contribution is -0.383. The second-order valence-corrected chi connectivity index (χ2v) is 5.04. The molecule has 0 radical (unpaired) electrons. The standard InChI is InChI=1S/C11H14N2O3S/c1-8(14)10-7-9(13(15)16)11(17-10)12-5-3-2-4-6-12/h2-3,7-8,14H,4-6H2,1H3/t8-/m1/s1. The molecule has 0 saturated carbocycles. The van der Waals surface area contributed by atoms with E-state index in [1.54, 1.807) is 6.92 Å². The Morgan fingerprint density at radius 2 is 2.35 bits per heavy atom. The van der Waals surface area contributed by atoms with Crippen LogP contribution in [0.25, 0.3) is 0 Å². The molecule has 0 aromatic carbocycles. The summed E-state index contributed by atoms with van der Waals surface area (Å²) >= 11 is 1.30. The van der Waals surface area contributed by atoms with Gasteiger partial charge >= 0.3 is 5.69 Å². The number of hydrogen-bond acceptors (Lipinski definition) is 5. The predicted molar refractivity (Wildman–Crippen MR) is 67.6 cm³/mol. The largest absolute Gasteiger partial charge is 0.388 e. The second kappa shape index (κ2) is 4.85. The Bertz CT molecular complexity index is 454. The molecular formula is C11H14N2O3S. The first-order valence-electron chi connectivity index (χ1n) is 5.45. The summed E-state index contributed by atoms with van der Waals surface area (Å²) in [6.07, 6.45) is 4.33. The molecule has 0 fully saturated rings. The minimum atomic E-state index is -0.659. The number of nitro groups is 1. The van der Waals surface area contributed by atoms with Gasteiger partial charge in [-0.25, -0.2) is 0 Å². The highest BCUT2D eigenvalue weighted by atomic mass is 32.1. The van der Waals surface area contributed by atoms with E-state index < -0.39 is 6.10 Å². The number of thiophene rings is 1. The van der Waals surface area contributed by atoms with Crippen LogP contribution in [0.5, 0.6) is 0 Å². The normalized spacial score (nSPS) is 17.2. The van der Waals surface area contributed by atoms with Crippen molar-refractivity contribution in [1.29, 1.82) is 0 Å². The molecule has 1 aliphatic rings. The summed E-state index contributed by atoms with van der Waals surface area (Å²) in [5.41, 5.74) is 0.0983. The van der Waals surface area contributed by atoms with E-state index >= 15 is 0 Å². The number of rotatable bonds is 3. The zero-order chi connectivity index (χ0) is 12.4. The van der Waals surface area contributed by atoms with Crippen LogP contribution in [-0.2, 0) is 0 Å². The highest BCUT2D eigenvalue weighted by Gasteiger charge is 2.25. The maximum Gasteiger partial charge on any atom is 0.304 e. The van der Waals surface area contributed by atoms with Crippen LogP contribution in [-0.4, -0.2) is 23.1 Å². The molecule has 1 aliphatic heterocycles. The average Bonchev–Trinajstić information content (AvgIpc) is 2.75. The Morgan fingerprint density at radius 1 is 1.59 bits per heavy atom. The van der Waals surface area contributed by atoms with Crippen LogP contribution in [0, 0.1) is 10.1 Å². The van der Waals surface area contributed by atoms with Crippen molar-refractivity contribution in [3.05, 3.63) is 33.2 Å². The zero-order valence-corrected chi connectivity index (χ0v) is 10.3. The van der Waals surface area contributed by atoms with Crippen molar-refractivity contribution in [2.24, 2.45) is 0 Å². The molecule has 17 heavy (non-hydrogen) atoms. The fraction of sp³-hybridized carbons (Fsp3) is 0.455. The number of anilines is 1. The molecule has 1 aromatic heterocycles. The minimum absolute atomic E-state index is 0.0983. The Morgan fingerprint density at radius 3 is 2.88 bits per heavy atom. The van der Waals surface area contributed by atoms with Crippen molar-refractivity contribution in [3.8, 4) is 0 Å². The molecule has 2 rings (SSSR count). The molecule has 1 aromatic rings. The summed E-state index contributed by atoms with van der Waals surface area (Å²) < 4.78 is 0. The van der Waals surface area contributed by atoms with E-state index in [1.807, 2.05) is 11.0 Å². The second-order valence-electron chi connectivity index (χ2n) is 3.98. The Labute approximate surface area is 103 Å². The van der Waals surface area contributed by atoms with Crippen LogP contribution >= 0.6 is 11.3 Å². The van der Waals surface area contributed by atoms with Gasteiger partial charge in [0.05, 0.1) is 11.0 Å². The van der Waals surface area contributed by atoms with E-state index in [0.717, 1.165) is 13.0 Å². The molecule has 2 heterocycles. The third-order valence-electron chi connectivity index (χ3n) is 2.67. The molecule has 0 aliphatic carbocycles. The summed E-state index contributed by atoms with van der Waals surface area (Å²) in [7, 11) is 0. The summed E-state index contributed by atoms with van der Waals surface area (Å²) in [4.78, 5) is 13.2. The van der Waals surface area contributed by atoms with Crippen LogP contribution in [0.3, 0.4) is 0 Å². The van der Waals surface area contributed by atoms with Crippen molar-refractivity contribution < 1.29 is 10.0 Å². The van der Waals surface area contributed by atoms with Gasteiger partial charge in [-0.1, -0.05) is 12.2 Å². The molecule has 0 amide bonds. The molecule has 0 unspecified atom stereocenters. The molecule has 0 saturated heterocycles. The summed E-state index contributed by atoms with van der Waals surface area (Å²) in [5.74, 6) is 0. The first-order valence-corrected chi connectivity index (χ1v) is 6.27. The van der Waals surface area contributed by atoms with E-state index in [2.05, 4.69) is 6.08 Å². The fourth-order valence-electron chi connectivity index (χ4n) is 1.78. The van der Waals surface area contributed by atoms with Crippen LogP contribution < -0.4 is 4.90 Å². The van der Waals surface area contributed by atoms with Gasteiger partial charge in [0, 0.05) is 24.0 Å². The van der Waals surface area contributed by atoms with Crippen molar-refractivity contribution >= 4 is 22.0 Å². The van der Waals surface area contributed by atoms with Gasteiger partial charge in [0.1, 0.15) is 0 Å². The highest BCUT2D eigenvalue weighted by Crippen LogP contribution is 2.40. The Hall–Kier alpha value is -1.40. The molecule has 92 valence electrons. The van der Waals surface area contributed by atoms with E-state index in [1.165, 1.54) is 17.4 Å². The van der Waals surface area contributed by atoms with Gasteiger partial charge in [0.2, 0.25) is 0 Å². The molecule has 1 N–H and O–H groups in total. The van der Waals surface area contributed by atoms with Gasteiger partial charge in [-0.05, 0) is 13.3 Å². The maximum atomic E-state index is 11.0. The van der Waals surface area contributed by atoms with Gasteiger partial charge in [-0.15, -0.1) is 11.3 Å². The SMILES string of the molecule is C[C@@H](O)c1cc([N+](=O)[O-])c(N2CC=CCC2)s1. The first kappa shape index (κ1) is 12.1. The van der Waals surface area contributed by atoms with E-state index in [4.69, 9.17) is 0 Å². The van der Waals surface area contributed by atoms with Crippen LogP contribution in [0.1, 0.15) is 24.3 Å². The van der Waals surface area contributed by atoms with E-state index in [-0.39, 0.29) is 10.6 Å². The number of nitrogens with zero attached hydrogens (tertiary/aromatic N) is 2. The van der Waals surface area contributed by atoms with Crippen molar-refractivity contribution in [2.45, 2.75) is 19.4 Å². The quantitative estimate of drug-likeness (QED) is 0.511. The molecular weight excluding hydrogens is 240 g/mol. The summed E-state index contributed by atoms with van der Waals surface area (Å²) in [6, 6.07) is 1.48. The minimum Gasteiger partial charge on any atom is -0.388 e. The smallest absolute Gasteiger partial charge is 0.304 e. The van der Waals surface area contributed by atoms with Crippen LogP contribution in [0.15, 0.2) is 18.2 Å². The molecule has 5 nitrogen and oxygen atoms in total. The van der Waals surface area contributed by atoms with E-state index in [0.29, 0.717) is 16.4 Å². The molecule has 6 heteroatoms. The predicted octanol–water partition coefficient (Wildman–Crippen LogP) is 2.48. The van der Waals surface area contributed by atoms with Gasteiger partial charge in [0.25, 0.3) is 0 Å². The van der Waals surface area contributed by atoms with Crippen molar-refractivity contribution in [1.82, 2.24) is 0 Å². The maximum absolute atomic E-state index is 11.0. The van der Waals surface area contributed by atoms with Gasteiger partial charge in [-0.2, -0.15) is 0 Å². The van der Waals surface area contributed by atoms with Crippen molar-refractivity contribution in [2.75, 3.05) is 18.0 Å². The molecule has 0 spiro atoms. The number of aliphatic hydroxyl groups excluding tert-OH is 1. The van der Waals surface area contributed by atoms with Gasteiger partial charge < -0.3 is 10.0 Å². The monoisotopic (exact) mass is 254 g/mol. The number of aliphatic hydroxyl groups is 1. The number of hydrogen-bond donors (Lipinski definition) is 1. The van der Waals surface area contributed by atoms with Crippen LogP contribution in [0.2, 0.25) is 0 Å². The lowest BCUT2D eigenvalue weighted by atomic mass is 10.2. The third-order valence-corrected chi connectivity index (χ3v) is 4.02. The highest BCUT2D eigenvalue weighted by molar-refractivity contribution is 7.16. The topological polar surface area (TPSA) is 66.6 Å². The fourth-order valence-corrected chi connectivity index (χ4v) is 2.88. The first-order chi connectivity index (χ1) is 8.09. The zero-order valence-electron chi connectivity index (χ0n) is 9.50. The molecule has 1 atom stereocenters. The van der Waals surface area contributed by atoms with E-state index in [9.17, 15) is 15.2 Å². The van der Waals surface area contributed by atoms with Gasteiger partial charge in [-0.3, -0.25) is 10.1 Å². The van der Waals surface area contributed by atoms with Crippen molar-refractivity contribution in [3.63, 3.8) is 0 Å². The molecule has 0 bridgehead atoms. The van der Waals surface area contributed by atoms with Gasteiger partial charge in [0.15, 0.2) is 5.00 Å². The summed E-state index contributed by atoms with van der Waals surface area (Å²) in [5, 5.41) is 21.1. The average molecular weight is 254 g/mol. The van der Waals surface area contributed by atoms with Crippen LogP contribution in [0.4, 0.5) is 10.7 Å². The third kappa shape index (κ3) is 2.48. The lowest BCUT2D eigenvalue weighted by Crippen LogP contribution is -2.26. The lowest BCUT2D eigenvalue weighted by Gasteiger charge is -2.23. The Balaban J connectivity index is 2.36. The summed E-state index contributed by atoms with van der Waals surface area (Å²) in [6.45, 7) is 3.10.